The van der Waals surface area contributed by atoms with Crippen LogP contribution in [-0.4, -0.2) is 35.1 Å². The lowest BCUT2D eigenvalue weighted by Crippen LogP contribution is -2.28. The molecule has 5 rings (SSSR count). The van der Waals surface area contributed by atoms with E-state index in [1.165, 1.54) is 18.4 Å². The van der Waals surface area contributed by atoms with Crippen LogP contribution in [0.2, 0.25) is 0 Å². The first-order valence-corrected chi connectivity index (χ1v) is 11.2. The molecule has 0 saturated heterocycles. The van der Waals surface area contributed by atoms with E-state index in [0.717, 1.165) is 40.7 Å². The lowest BCUT2D eigenvalue weighted by atomic mass is 10.1. The third-order valence-corrected chi connectivity index (χ3v) is 6.20. The minimum absolute atomic E-state index is 0.0621. The Morgan fingerprint density at radius 2 is 2.00 bits per heavy atom. The number of aromatic amines is 1. The quantitative estimate of drug-likeness (QED) is 0.483. The van der Waals surface area contributed by atoms with Crippen LogP contribution in [0.15, 0.2) is 53.6 Å². The molecule has 0 unspecified atom stereocenters. The maximum atomic E-state index is 12.8. The topological polar surface area (TPSA) is 92.6 Å². The number of pyridine rings is 2. The van der Waals surface area contributed by atoms with Gasteiger partial charge >= 0.3 is 0 Å². The maximum Gasteiger partial charge on any atom is 0.252 e. The molecular formula is C24H27N7O. The Morgan fingerprint density at radius 1 is 1.12 bits per heavy atom. The van der Waals surface area contributed by atoms with Crippen LogP contribution in [0, 0.1) is 6.92 Å². The first kappa shape index (κ1) is 20.5. The van der Waals surface area contributed by atoms with E-state index in [0.29, 0.717) is 25.7 Å². The first-order chi connectivity index (χ1) is 15.7. The molecule has 1 aromatic carbocycles. The lowest BCUT2D eigenvalue weighted by molar-refractivity contribution is 0.231. The molecular weight excluding hydrogens is 402 g/mol. The summed E-state index contributed by atoms with van der Waals surface area (Å²) in [5.41, 5.74) is 3.77. The van der Waals surface area contributed by atoms with Gasteiger partial charge in [0, 0.05) is 36.6 Å². The zero-order chi connectivity index (χ0) is 21.9. The summed E-state index contributed by atoms with van der Waals surface area (Å²) in [5.74, 6) is 0.842. The fourth-order valence-electron chi connectivity index (χ4n) is 4.60. The van der Waals surface area contributed by atoms with Crippen LogP contribution in [-0.2, 0) is 19.6 Å². The van der Waals surface area contributed by atoms with Crippen molar-refractivity contribution in [1.82, 2.24) is 35.1 Å². The number of tetrazole rings is 1. The summed E-state index contributed by atoms with van der Waals surface area (Å²) in [6, 6.07) is 12.4. The van der Waals surface area contributed by atoms with Gasteiger partial charge in [-0.15, -0.1) is 5.10 Å². The second-order valence-corrected chi connectivity index (χ2v) is 8.70. The highest BCUT2D eigenvalue weighted by molar-refractivity contribution is 5.79. The molecule has 0 atom stereocenters. The molecule has 1 aliphatic carbocycles. The Labute approximate surface area is 186 Å². The summed E-state index contributed by atoms with van der Waals surface area (Å²) in [6.07, 6.45) is 8.30. The van der Waals surface area contributed by atoms with Crippen LogP contribution in [0.1, 0.15) is 54.2 Å². The third kappa shape index (κ3) is 4.45. The molecule has 1 aliphatic rings. The van der Waals surface area contributed by atoms with E-state index in [4.69, 9.17) is 0 Å². The van der Waals surface area contributed by atoms with E-state index in [1.807, 2.05) is 41.2 Å². The molecule has 0 radical (unpaired) electrons. The fraction of sp³-hybridized carbons (Fsp3) is 0.375. The highest BCUT2D eigenvalue weighted by atomic mass is 16.1. The van der Waals surface area contributed by atoms with Crippen LogP contribution < -0.4 is 5.56 Å². The lowest BCUT2D eigenvalue weighted by Gasteiger charge is -2.22. The molecule has 4 aromatic rings. The van der Waals surface area contributed by atoms with Crippen LogP contribution in [0.5, 0.6) is 0 Å². The van der Waals surface area contributed by atoms with Crippen LogP contribution >= 0.6 is 0 Å². The monoisotopic (exact) mass is 429 g/mol. The van der Waals surface area contributed by atoms with Crippen molar-refractivity contribution in [3.05, 3.63) is 81.7 Å². The van der Waals surface area contributed by atoms with Crippen molar-refractivity contribution < 1.29 is 0 Å². The summed E-state index contributed by atoms with van der Waals surface area (Å²) in [6.45, 7) is 3.76. The third-order valence-electron chi connectivity index (χ3n) is 6.20. The van der Waals surface area contributed by atoms with Crippen LogP contribution in [0.25, 0.3) is 10.9 Å². The van der Waals surface area contributed by atoms with Crippen molar-refractivity contribution in [3.8, 4) is 0 Å². The molecule has 3 heterocycles. The second kappa shape index (κ2) is 9.00. The van der Waals surface area contributed by atoms with Crippen LogP contribution in [0.4, 0.5) is 0 Å². The zero-order valence-electron chi connectivity index (χ0n) is 18.2. The van der Waals surface area contributed by atoms with Gasteiger partial charge in [0.25, 0.3) is 5.56 Å². The van der Waals surface area contributed by atoms with Gasteiger partial charge in [-0.3, -0.25) is 14.7 Å². The Morgan fingerprint density at radius 3 is 2.81 bits per heavy atom. The molecule has 1 fully saturated rings. The largest absolute Gasteiger partial charge is 0.322 e. The minimum atomic E-state index is -0.0621. The van der Waals surface area contributed by atoms with E-state index in [-0.39, 0.29) is 5.56 Å². The molecule has 32 heavy (non-hydrogen) atoms. The zero-order valence-corrected chi connectivity index (χ0v) is 18.2. The molecule has 0 spiro atoms. The normalized spacial score (nSPS) is 14.6. The number of aromatic nitrogens is 6. The summed E-state index contributed by atoms with van der Waals surface area (Å²) in [4.78, 5) is 22.3. The summed E-state index contributed by atoms with van der Waals surface area (Å²) >= 11 is 0. The van der Waals surface area contributed by atoms with E-state index >= 15 is 0 Å². The number of nitrogens with one attached hydrogen (secondary N) is 1. The van der Waals surface area contributed by atoms with E-state index < -0.39 is 0 Å². The highest BCUT2D eigenvalue weighted by Crippen LogP contribution is 2.29. The van der Waals surface area contributed by atoms with Gasteiger partial charge in [-0.05, 0) is 65.4 Å². The number of H-pyrrole nitrogens is 1. The number of fused-ring (bicyclic) bond motifs is 1. The smallest absolute Gasteiger partial charge is 0.252 e. The van der Waals surface area contributed by atoms with E-state index in [2.05, 4.69) is 43.4 Å². The van der Waals surface area contributed by atoms with Gasteiger partial charge < -0.3 is 4.98 Å². The standard InChI is InChI=1S/C24H27N7O/c1-17-8-9-22-19(11-17)12-20(24(32)26-22)15-30(14-18-5-4-10-25-13-18)16-23-27-28-29-31(23)21-6-2-3-7-21/h4-5,8-13,21H,2-3,6-7,14-16H2,1H3,(H,26,32). The van der Waals surface area contributed by atoms with Crippen molar-refractivity contribution in [1.29, 1.82) is 0 Å². The Balaban J connectivity index is 1.45. The van der Waals surface area contributed by atoms with Crippen molar-refractivity contribution in [2.24, 2.45) is 0 Å². The van der Waals surface area contributed by atoms with Gasteiger partial charge in [0.15, 0.2) is 5.82 Å². The second-order valence-electron chi connectivity index (χ2n) is 8.70. The average Bonchev–Trinajstić information content (AvgIpc) is 3.47. The predicted octanol–water partition coefficient (Wildman–Crippen LogP) is 3.54. The SMILES string of the molecule is Cc1ccc2[nH]c(=O)c(CN(Cc3cccnc3)Cc3nnnn3C3CCCC3)cc2c1. The van der Waals surface area contributed by atoms with Gasteiger partial charge in [-0.1, -0.05) is 30.5 Å². The van der Waals surface area contributed by atoms with Crippen molar-refractivity contribution >= 4 is 10.9 Å². The Hall–Kier alpha value is -3.39. The molecule has 0 amide bonds. The molecule has 164 valence electrons. The molecule has 8 heteroatoms. The van der Waals surface area contributed by atoms with Crippen molar-refractivity contribution in [2.75, 3.05) is 0 Å². The predicted molar refractivity (Wildman–Crippen MR) is 122 cm³/mol. The van der Waals surface area contributed by atoms with Crippen molar-refractivity contribution in [3.63, 3.8) is 0 Å². The molecule has 8 nitrogen and oxygen atoms in total. The summed E-state index contributed by atoms with van der Waals surface area (Å²) < 4.78 is 1.98. The maximum absolute atomic E-state index is 12.8. The van der Waals surface area contributed by atoms with Gasteiger partial charge in [0.2, 0.25) is 0 Å². The first-order valence-electron chi connectivity index (χ1n) is 11.2. The number of hydrogen-bond donors (Lipinski definition) is 1. The Bertz CT molecular complexity index is 1260. The van der Waals surface area contributed by atoms with Gasteiger partial charge in [0.05, 0.1) is 12.6 Å². The number of nitrogens with zero attached hydrogens (tertiary/aromatic N) is 6. The van der Waals surface area contributed by atoms with Gasteiger partial charge in [0.1, 0.15) is 0 Å². The molecule has 1 N–H and O–H groups in total. The molecule has 0 bridgehead atoms. The van der Waals surface area contributed by atoms with Crippen LogP contribution in [0.3, 0.4) is 0 Å². The summed E-state index contributed by atoms with van der Waals surface area (Å²) in [5, 5.41) is 13.6. The highest BCUT2D eigenvalue weighted by Gasteiger charge is 2.23. The number of rotatable bonds is 7. The van der Waals surface area contributed by atoms with Gasteiger partial charge in [-0.2, -0.15) is 0 Å². The van der Waals surface area contributed by atoms with E-state index in [9.17, 15) is 4.79 Å². The average molecular weight is 430 g/mol. The summed E-state index contributed by atoms with van der Waals surface area (Å²) in [7, 11) is 0. The minimum Gasteiger partial charge on any atom is -0.322 e. The Kier molecular flexibility index (Phi) is 5.77. The number of aryl methyl sites for hydroxylation is 1. The van der Waals surface area contributed by atoms with E-state index in [1.54, 1.807) is 6.20 Å². The molecule has 3 aromatic heterocycles. The molecule has 0 aliphatic heterocycles. The fourth-order valence-corrected chi connectivity index (χ4v) is 4.60. The van der Waals surface area contributed by atoms with Gasteiger partial charge in [-0.25, -0.2) is 4.68 Å². The number of benzene rings is 1. The molecule has 1 saturated carbocycles. The number of hydrogen-bond acceptors (Lipinski definition) is 6. The van der Waals surface area contributed by atoms with Crippen molar-refractivity contribution in [2.45, 2.75) is 58.3 Å².